The van der Waals surface area contributed by atoms with E-state index in [1.54, 1.807) is 42.5 Å². The maximum Gasteiger partial charge on any atom is 0.198 e. The van der Waals surface area contributed by atoms with Crippen molar-refractivity contribution in [3.8, 4) is 65.5 Å². The molecule has 0 spiro atoms. The van der Waals surface area contributed by atoms with Gasteiger partial charge in [-0.05, 0) is 12.5 Å². The number of ether oxygens (including phenoxy) is 6. The van der Waals surface area contributed by atoms with E-state index in [1.807, 2.05) is 10.8 Å². The Balaban J connectivity index is 1.00. The Morgan fingerprint density at radius 2 is 1.22 bits per heavy atom. The zero-order chi connectivity index (χ0) is 35.0. The molecule has 14 heteroatoms. The predicted molar refractivity (Wildman–Crippen MR) is 196 cm³/mol. The van der Waals surface area contributed by atoms with E-state index in [1.165, 1.54) is 34.4 Å². The predicted octanol–water partition coefficient (Wildman–Crippen LogP) is 7.95. The quantitative estimate of drug-likeness (QED) is 0.160. The lowest BCUT2D eigenvalue weighted by atomic mass is 9.81. The minimum atomic E-state index is -0.484. The third-order valence-electron chi connectivity index (χ3n) is 9.35. The smallest absolute Gasteiger partial charge is 0.198 e. The number of benzene rings is 2. The maximum atomic E-state index is 13.5. The first kappa shape index (κ1) is 32.5. The Labute approximate surface area is 308 Å². The number of hydrogen-bond acceptors (Lipinski definition) is 14. The first-order chi connectivity index (χ1) is 24.7. The monoisotopic (exact) mass is 762 g/mol. The molecule has 0 bridgehead atoms. The molecule has 0 saturated carbocycles. The third kappa shape index (κ3) is 5.17. The number of fused-ring (bicyclic) bond motifs is 5. The number of phenolic OH excluding ortho intramolecular Hbond substituents is 2. The Morgan fingerprint density at radius 1 is 0.706 bits per heavy atom. The summed E-state index contributed by atoms with van der Waals surface area (Å²) in [6.45, 7) is 6.33. The number of carbonyl (C=O) groups is 2. The minimum Gasteiger partial charge on any atom is -0.507 e. The fraction of sp³-hybridized carbons (Fsp3) is 0.297. The lowest BCUT2D eigenvalue weighted by Crippen LogP contribution is -2.33. The van der Waals surface area contributed by atoms with Gasteiger partial charge in [0.1, 0.15) is 37.9 Å². The topological polar surface area (TPSA) is 130 Å². The van der Waals surface area contributed by atoms with Gasteiger partial charge in [-0.3, -0.25) is 9.59 Å². The molecule has 3 aromatic heterocycles. The average Bonchev–Trinajstić information content (AvgIpc) is 3.84. The number of hydrogen-bond donors (Lipinski definition) is 2. The highest BCUT2D eigenvalue weighted by atomic mass is 32.2. The molecule has 0 fully saturated rings. The van der Waals surface area contributed by atoms with Gasteiger partial charge in [-0.2, -0.15) is 11.8 Å². The lowest BCUT2D eigenvalue weighted by molar-refractivity contribution is 0.0974. The van der Waals surface area contributed by atoms with Crippen molar-refractivity contribution in [2.24, 2.45) is 5.41 Å². The number of rotatable bonds is 6. The van der Waals surface area contributed by atoms with Crippen LogP contribution in [0.25, 0.3) is 19.5 Å². The van der Waals surface area contributed by atoms with Crippen LogP contribution in [0.3, 0.4) is 0 Å². The molecule has 51 heavy (non-hydrogen) atoms. The summed E-state index contributed by atoms with van der Waals surface area (Å²) < 4.78 is 37.2. The molecule has 0 amide bonds. The van der Waals surface area contributed by atoms with Gasteiger partial charge in [-0.15, -0.1) is 34.0 Å². The van der Waals surface area contributed by atoms with Crippen molar-refractivity contribution < 1.29 is 48.2 Å². The number of ketones is 2. The molecule has 262 valence electrons. The summed E-state index contributed by atoms with van der Waals surface area (Å²) in [7, 11) is 0. The van der Waals surface area contributed by atoms with Crippen molar-refractivity contribution in [3.05, 3.63) is 68.4 Å². The van der Waals surface area contributed by atoms with Gasteiger partial charge in [0.25, 0.3) is 0 Å². The van der Waals surface area contributed by atoms with Crippen LogP contribution in [0, 0.1) is 12.3 Å². The second-order valence-corrected chi connectivity index (χ2v) is 16.7. The van der Waals surface area contributed by atoms with Gasteiger partial charge in [0.2, 0.25) is 0 Å². The summed E-state index contributed by atoms with van der Waals surface area (Å²) >= 11 is 6.17. The largest absolute Gasteiger partial charge is 0.507 e. The molecule has 6 heterocycles. The van der Waals surface area contributed by atoms with Gasteiger partial charge < -0.3 is 38.6 Å². The fourth-order valence-electron chi connectivity index (χ4n) is 6.68. The Bertz CT molecular complexity index is 2180. The highest BCUT2D eigenvalue weighted by molar-refractivity contribution is 7.98. The third-order valence-corrected chi connectivity index (χ3v) is 14.1. The van der Waals surface area contributed by atoms with Crippen molar-refractivity contribution >= 4 is 57.3 Å². The molecule has 2 aromatic carbocycles. The molecule has 9 rings (SSSR count). The zero-order valence-corrected chi connectivity index (χ0v) is 30.7. The van der Waals surface area contributed by atoms with E-state index >= 15 is 0 Å². The Morgan fingerprint density at radius 3 is 1.76 bits per heavy atom. The van der Waals surface area contributed by atoms with Crippen molar-refractivity contribution in [2.45, 2.75) is 19.6 Å². The molecule has 0 saturated heterocycles. The van der Waals surface area contributed by atoms with Crippen molar-refractivity contribution in [1.29, 1.82) is 0 Å². The van der Waals surface area contributed by atoms with E-state index in [4.69, 9.17) is 28.4 Å². The van der Waals surface area contributed by atoms with E-state index < -0.39 is 17.0 Å². The van der Waals surface area contributed by atoms with E-state index in [0.717, 1.165) is 19.5 Å². The molecule has 10 nitrogen and oxygen atoms in total. The zero-order valence-electron chi connectivity index (χ0n) is 27.4. The molecule has 1 aliphatic carbocycles. The van der Waals surface area contributed by atoms with Gasteiger partial charge in [-0.25, -0.2) is 0 Å². The molecule has 0 unspecified atom stereocenters. The molecular formula is C37H30O10S4. The van der Waals surface area contributed by atoms with E-state index in [0.29, 0.717) is 91.0 Å². The molecule has 3 aliphatic heterocycles. The molecule has 5 aromatic rings. The van der Waals surface area contributed by atoms with Crippen LogP contribution in [-0.2, 0) is 5.75 Å². The molecule has 4 aliphatic rings. The SMILES string of the molecule is Cc1c(O)c2c(c(O)c1CSCC1(C)COc3c(-c4scc5c4OCCO5)sc(-c4scc5c4OCCO5)c3OC1)C(=O)c1ccccc1C2=O. The van der Waals surface area contributed by atoms with E-state index in [9.17, 15) is 19.8 Å². The van der Waals surface area contributed by atoms with Crippen LogP contribution in [0.1, 0.15) is 49.9 Å². The van der Waals surface area contributed by atoms with Crippen LogP contribution in [0.15, 0.2) is 35.0 Å². The number of phenols is 2. The van der Waals surface area contributed by atoms with Crippen LogP contribution >= 0.6 is 45.8 Å². The lowest BCUT2D eigenvalue weighted by Gasteiger charge is -2.27. The molecule has 0 radical (unpaired) electrons. The van der Waals surface area contributed by atoms with Crippen LogP contribution in [0.4, 0.5) is 0 Å². The fourth-order valence-corrected chi connectivity index (χ4v) is 11.3. The van der Waals surface area contributed by atoms with Gasteiger partial charge >= 0.3 is 0 Å². The summed E-state index contributed by atoms with van der Waals surface area (Å²) in [6.07, 6.45) is 0. The normalized spacial score (nSPS) is 16.7. The Kier molecular flexibility index (Phi) is 7.91. The number of thiophene rings is 3. The first-order valence-electron chi connectivity index (χ1n) is 16.2. The molecule has 2 N–H and O–H groups in total. The van der Waals surface area contributed by atoms with Gasteiger partial charge in [0.05, 0.1) is 43.8 Å². The van der Waals surface area contributed by atoms with Crippen LogP contribution in [0.2, 0.25) is 0 Å². The number of thioether (sulfide) groups is 1. The summed E-state index contributed by atoms with van der Waals surface area (Å²) in [6, 6.07) is 6.46. The number of aromatic hydroxyl groups is 2. The van der Waals surface area contributed by atoms with Crippen molar-refractivity contribution in [1.82, 2.24) is 0 Å². The van der Waals surface area contributed by atoms with E-state index in [2.05, 4.69) is 6.92 Å². The second kappa shape index (κ2) is 12.4. The van der Waals surface area contributed by atoms with Gasteiger partial charge in [0.15, 0.2) is 46.1 Å². The van der Waals surface area contributed by atoms with Crippen molar-refractivity contribution in [2.75, 3.05) is 45.4 Å². The van der Waals surface area contributed by atoms with Crippen LogP contribution < -0.4 is 28.4 Å². The summed E-state index contributed by atoms with van der Waals surface area (Å²) in [4.78, 5) is 30.4. The highest BCUT2D eigenvalue weighted by Gasteiger charge is 2.39. The van der Waals surface area contributed by atoms with Gasteiger partial charge in [-0.1, -0.05) is 31.2 Å². The summed E-state index contributed by atoms with van der Waals surface area (Å²) in [5.74, 6) is 3.44. The highest BCUT2D eigenvalue weighted by Crippen LogP contribution is 2.61. The van der Waals surface area contributed by atoms with Crippen LogP contribution in [-0.4, -0.2) is 67.2 Å². The second-order valence-electron chi connectivity index (χ2n) is 13.0. The maximum absolute atomic E-state index is 13.5. The van der Waals surface area contributed by atoms with Crippen molar-refractivity contribution in [3.63, 3.8) is 0 Å². The summed E-state index contributed by atoms with van der Waals surface area (Å²) in [5, 5.41) is 26.5. The molecular weight excluding hydrogens is 733 g/mol. The molecule has 0 atom stereocenters. The average molecular weight is 763 g/mol. The minimum absolute atomic E-state index is 0.148. The number of carbonyl (C=O) groups excluding carboxylic acids is 2. The van der Waals surface area contributed by atoms with Crippen LogP contribution in [0.5, 0.6) is 46.0 Å². The van der Waals surface area contributed by atoms with E-state index in [-0.39, 0.29) is 39.5 Å². The standard InChI is InChI=1S/C37H30O10S4/c1-17-20(28(41)24-23(25(17)38)26(39)18-5-3-4-6-19(18)27(24)40)11-48-16-37(2)14-46-31-32(47-15-37)36(34-30-22(13-50-34)43-8-10-45-30)51-35(31)33-29-21(12-49-33)42-7-9-44-29/h3-6,12-13,38,41H,7-11,14-16H2,1-2H3. The first-order valence-corrected chi connectivity index (χ1v) is 20.0. The Hall–Kier alpha value is -4.37. The summed E-state index contributed by atoms with van der Waals surface area (Å²) in [5.41, 5.74) is 0.436. The van der Waals surface area contributed by atoms with Gasteiger partial charge in [0, 0.05) is 44.4 Å².